The molecule has 0 aromatic carbocycles. The van der Waals surface area contributed by atoms with Gasteiger partial charge in [0.1, 0.15) is 0 Å². The molecule has 0 radical (unpaired) electrons. The monoisotopic (exact) mass is 225 g/mol. The number of tetrazole rings is 1. The Morgan fingerprint density at radius 2 is 2.00 bits per heavy atom. The molecule has 3 atom stereocenters. The van der Waals surface area contributed by atoms with Crippen molar-refractivity contribution in [3.8, 4) is 0 Å². The molecule has 0 aliphatic carbocycles. The summed E-state index contributed by atoms with van der Waals surface area (Å²) >= 11 is 0. The minimum absolute atomic E-state index is 0.160. The molecule has 3 unspecified atom stereocenters. The molecule has 5 heteroatoms. The van der Waals surface area contributed by atoms with Crippen molar-refractivity contribution >= 4 is 0 Å². The van der Waals surface area contributed by atoms with Gasteiger partial charge in [0.15, 0.2) is 5.82 Å². The van der Waals surface area contributed by atoms with Crippen molar-refractivity contribution in [2.75, 3.05) is 0 Å². The fraction of sp³-hybridized carbons (Fsp3) is 0.909. The number of aromatic amines is 1. The van der Waals surface area contributed by atoms with Crippen LogP contribution in [0, 0.1) is 5.92 Å². The van der Waals surface area contributed by atoms with Crippen LogP contribution < -0.4 is 5.32 Å². The summed E-state index contributed by atoms with van der Waals surface area (Å²) in [6.45, 7) is 8.82. The molecule has 0 spiro atoms. The quantitative estimate of drug-likeness (QED) is 0.745. The zero-order chi connectivity index (χ0) is 12.0. The van der Waals surface area contributed by atoms with Gasteiger partial charge < -0.3 is 5.32 Å². The van der Waals surface area contributed by atoms with Crippen molar-refractivity contribution in [1.29, 1.82) is 0 Å². The van der Waals surface area contributed by atoms with Gasteiger partial charge in [0.25, 0.3) is 0 Å². The van der Waals surface area contributed by atoms with Gasteiger partial charge in [0, 0.05) is 6.04 Å². The highest BCUT2D eigenvalue weighted by Crippen LogP contribution is 2.15. The fourth-order valence-corrected chi connectivity index (χ4v) is 1.79. The molecule has 0 bridgehead atoms. The van der Waals surface area contributed by atoms with Gasteiger partial charge in [-0.25, -0.2) is 0 Å². The second kappa shape index (κ2) is 6.58. The van der Waals surface area contributed by atoms with Gasteiger partial charge in [0.05, 0.1) is 6.04 Å². The van der Waals surface area contributed by atoms with Crippen molar-refractivity contribution in [3.63, 3.8) is 0 Å². The van der Waals surface area contributed by atoms with Crippen molar-refractivity contribution in [1.82, 2.24) is 25.9 Å². The third-order valence-corrected chi connectivity index (χ3v) is 3.11. The first-order chi connectivity index (χ1) is 7.67. The standard InChI is InChI=1S/C11H23N5/c1-5-8(3)7-10(6-2)12-9(4)11-13-15-16-14-11/h8-10,12H,5-7H2,1-4H3,(H,13,14,15,16). The molecule has 0 fully saturated rings. The number of nitrogens with one attached hydrogen (secondary N) is 2. The number of rotatable bonds is 7. The van der Waals surface area contributed by atoms with Gasteiger partial charge in [0.2, 0.25) is 0 Å². The lowest BCUT2D eigenvalue weighted by Gasteiger charge is -2.23. The van der Waals surface area contributed by atoms with Gasteiger partial charge in [-0.05, 0) is 25.7 Å². The highest BCUT2D eigenvalue weighted by atomic mass is 15.5. The summed E-state index contributed by atoms with van der Waals surface area (Å²) in [7, 11) is 0. The van der Waals surface area contributed by atoms with Crippen LogP contribution in [0.25, 0.3) is 0 Å². The van der Waals surface area contributed by atoms with Crippen LogP contribution >= 0.6 is 0 Å². The number of nitrogens with zero attached hydrogens (tertiary/aromatic N) is 3. The minimum atomic E-state index is 0.160. The van der Waals surface area contributed by atoms with E-state index in [0.717, 1.165) is 18.2 Å². The van der Waals surface area contributed by atoms with Crippen molar-refractivity contribution in [3.05, 3.63) is 5.82 Å². The maximum atomic E-state index is 3.99. The predicted octanol–water partition coefficient (Wildman–Crippen LogP) is 2.07. The summed E-state index contributed by atoms with van der Waals surface area (Å²) in [5.41, 5.74) is 0. The van der Waals surface area contributed by atoms with E-state index in [-0.39, 0.29) is 6.04 Å². The van der Waals surface area contributed by atoms with Gasteiger partial charge in [-0.3, -0.25) is 0 Å². The third-order valence-electron chi connectivity index (χ3n) is 3.11. The van der Waals surface area contributed by atoms with Crippen LogP contribution in [-0.2, 0) is 0 Å². The summed E-state index contributed by atoms with van der Waals surface area (Å²) in [6, 6.07) is 0.691. The van der Waals surface area contributed by atoms with E-state index in [2.05, 4.69) is 53.6 Å². The van der Waals surface area contributed by atoms with E-state index in [0.29, 0.717) is 6.04 Å². The van der Waals surface area contributed by atoms with Crippen molar-refractivity contribution < 1.29 is 0 Å². The molecule has 0 saturated heterocycles. The van der Waals surface area contributed by atoms with Crippen molar-refractivity contribution in [2.45, 2.75) is 59.0 Å². The second-order valence-electron chi connectivity index (χ2n) is 4.51. The topological polar surface area (TPSA) is 66.5 Å². The van der Waals surface area contributed by atoms with Crippen molar-refractivity contribution in [2.24, 2.45) is 5.92 Å². The van der Waals surface area contributed by atoms with Gasteiger partial charge in [-0.15, -0.1) is 10.2 Å². The third kappa shape index (κ3) is 3.89. The average molecular weight is 225 g/mol. The summed E-state index contributed by atoms with van der Waals surface area (Å²) in [4.78, 5) is 0. The largest absolute Gasteiger partial charge is 0.305 e. The van der Waals surface area contributed by atoms with Crippen LogP contribution in [-0.4, -0.2) is 26.7 Å². The second-order valence-corrected chi connectivity index (χ2v) is 4.51. The van der Waals surface area contributed by atoms with Gasteiger partial charge >= 0.3 is 0 Å². The lowest BCUT2D eigenvalue weighted by molar-refractivity contribution is 0.353. The Labute approximate surface area is 97.4 Å². The summed E-state index contributed by atoms with van der Waals surface area (Å²) in [6.07, 6.45) is 3.57. The van der Waals surface area contributed by atoms with E-state index < -0.39 is 0 Å². The summed E-state index contributed by atoms with van der Waals surface area (Å²) in [5, 5.41) is 17.6. The van der Waals surface area contributed by atoms with Crippen LogP contribution in [0.1, 0.15) is 58.8 Å². The SMILES string of the molecule is CCC(C)CC(CC)NC(C)c1nn[nH]n1. The lowest BCUT2D eigenvalue weighted by Crippen LogP contribution is -2.33. The van der Waals surface area contributed by atoms with Crippen LogP contribution in [0.4, 0.5) is 0 Å². The molecule has 0 aliphatic heterocycles. The number of H-pyrrole nitrogens is 1. The maximum absolute atomic E-state index is 3.99. The molecule has 1 heterocycles. The highest BCUT2D eigenvalue weighted by Gasteiger charge is 2.16. The molecule has 0 saturated carbocycles. The first kappa shape index (κ1) is 13.1. The van der Waals surface area contributed by atoms with E-state index in [1.165, 1.54) is 12.8 Å². The predicted molar refractivity (Wildman–Crippen MR) is 63.9 cm³/mol. The Hall–Kier alpha value is -0.970. The Morgan fingerprint density at radius 1 is 1.25 bits per heavy atom. The Kier molecular flexibility index (Phi) is 5.38. The first-order valence-electron chi connectivity index (χ1n) is 6.16. The lowest BCUT2D eigenvalue weighted by atomic mass is 9.97. The zero-order valence-corrected chi connectivity index (χ0v) is 10.7. The van der Waals surface area contributed by atoms with Crippen LogP contribution in [0.3, 0.4) is 0 Å². The normalized spacial score (nSPS) is 17.0. The van der Waals surface area contributed by atoms with Gasteiger partial charge in [-0.2, -0.15) is 5.21 Å². The van der Waals surface area contributed by atoms with E-state index in [1.54, 1.807) is 0 Å². The van der Waals surface area contributed by atoms with E-state index in [9.17, 15) is 0 Å². The molecule has 0 amide bonds. The summed E-state index contributed by atoms with van der Waals surface area (Å²) < 4.78 is 0. The molecular formula is C11H23N5. The molecule has 5 nitrogen and oxygen atoms in total. The number of hydrogen-bond donors (Lipinski definition) is 2. The average Bonchev–Trinajstić information content (AvgIpc) is 2.81. The summed E-state index contributed by atoms with van der Waals surface area (Å²) in [5.74, 6) is 1.50. The van der Waals surface area contributed by atoms with Crippen LogP contribution in [0.15, 0.2) is 0 Å². The number of hydrogen-bond acceptors (Lipinski definition) is 4. The molecule has 16 heavy (non-hydrogen) atoms. The Bertz CT molecular complexity index is 272. The maximum Gasteiger partial charge on any atom is 0.191 e. The smallest absolute Gasteiger partial charge is 0.191 e. The van der Waals surface area contributed by atoms with E-state index in [1.807, 2.05) is 0 Å². The minimum Gasteiger partial charge on any atom is -0.305 e. The molecule has 2 N–H and O–H groups in total. The zero-order valence-electron chi connectivity index (χ0n) is 10.7. The molecule has 1 aromatic heterocycles. The highest BCUT2D eigenvalue weighted by molar-refractivity contribution is 4.87. The van der Waals surface area contributed by atoms with Gasteiger partial charge in [-0.1, -0.05) is 32.4 Å². The molecular weight excluding hydrogens is 202 g/mol. The van der Waals surface area contributed by atoms with E-state index in [4.69, 9.17) is 0 Å². The fourth-order valence-electron chi connectivity index (χ4n) is 1.79. The van der Waals surface area contributed by atoms with Crippen LogP contribution in [0.5, 0.6) is 0 Å². The number of aromatic nitrogens is 4. The Morgan fingerprint density at radius 3 is 2.50 bits per heavy atom. The van der Waals surface area contributed by atoms with Crippen LogP contribution in [0.2, 0.25) is 0 Å². The molecule has 1 aromatic rings. The Balaban J connectivity index is 2.43. The van der Waals surface area contributed by atoms with E-state index >= 15 is 0 Å². The molecule has 1 rings (SSSR count). The molecule has 92 valence electrons. The first-order valence-corrected chi connectivity index (χ1v) is 6.16. The molecule has 0 aliphatic rings.